The van der Waals surface area contributed by atoms with Crippen LogP contribution in [-0.2, 0) is 31.6 Å². The molecule has 4 saturated carbocycles. The van der Waals surface area contributed by atoms with Crippen molar-refractivity contribution in [1.82, 2.24) is 19.5 Å². The number of aliphatic carboxylic acids is 1. The van der Waals surface area contributed by atoms with E-state index in [1.54, 1.807) is 13.8 Å². The summed E-state index contributed by atoms with van der Waals surface area (Å²) in [6, 6.07) is 0. The maximum atomic E-state index is 14.3. The van der Waals surface area contributed by atoms with Gasteiger partial charge in [-0.05, 0) is 123 Å². The van der Waals surface area contributed by atoms with E-state index in [-0.39, 0.29) is 51.8 Å². The Balaban J connectivity index is 1.24. The van der Waals surface area contributed by atoms with E-state index in [2.05, 4.69) is 63.0 Å². The van der Waals surface area contributed by atoms with E-state index in [1.807, 2.05) is 14.0 Å². The second kappa shape index (κ2) is 12.5. The number of ether oxygens (including phenoxy) is 1. The van der Waals surface area contributed by atoms with Crippen LogP contribution in [0.25, 0.3) is 11.5 Å². The number of hydrogen-bond donors (Lipinski definition) is 1. The lowest BCUT2D eigenvalue weighted by Gasteiger charge is -2.72. The highest BCUT2D eigenvalue weighted by atomic mass is 19.1. The topological polar surface area (TPSA) is 124 Å². The summed E-state index contributed by atoms with van der Waals surface area (Å²) in [6.45, 7) is 21.6. The van der Waals surface area contributed by atoms with Crippen molar-refractivity contribution in [1.29, 1.82) is 0 Å². The summed E-state index contributed by atoms with van der Waals surface area (Å²) < 4.78 is 22.1. The molecular weight excluding hydrogens is 684 g/mol. The minimum Gasteiger partial charge on any atom is -0.481 e. The summed E-state index contributed by atoms with van der Waals surface area (Å²) >= 11 is 0. The molecule has 294 valence electrons. The van der Waals surface area contributed by atoms with E-state index in [0.29, 0.717) is 24.1 Å². The van der Waals surface area contributed by atoms with Gasteiger partial charge in [0.25, 0.3) is 0 Å². The Morgan fingerprint density at radius 2 is 1.65 bits per heavy atom. The van der Waals surface area contributed by atoms with Crippen molar-refractivity contribution in [3.8, 4) is 11.5 Å². The van der Waals surface area contributed by atoms with Crippen LogP contribution in [0.4, 0.5) is 4.39 Å². The maximum absolute atomic E-state index is 14.3. The summed E-state index contributed by atoms with van der Waals surface area (Å²) in [5.74, 6) is 0.818. The lowest BCUT2D eigenvalue weighted by atomic mass is 9.33. The quantitative estimate of drug-likeness (QED) is 0.279. The van der Waals surface area contributed by atoms with Crippen molar-refractivity contribution < 1.29 is 28.6 Å². The van der Waals surface area contributed by atoms with Crippen molar-refractivity contribution in [2.45, 2.75) is 145 Å². The number of Topliss-reactive ketones (excluding diaryl/α,β-unsaturated/α-hetero) is 1. The van der Waals surface area contributed by atoms with Crippen LogP contribution in [-0.4, -0.2) is 48.5 Å². The maximum Gasteiger partial charge on any atom is 0.309 e. The number of rotatable bonds is 7. The van der Waals surface area contributed by atoms with E-state index >= 15 is 0 Å². The zero-order chi connectivity index (χ0) is 39.6. The molecule has 2 heterocycles. The van der Waals surface area contributed by atoms with Gasteiger partial charge in [-0.2, -0.15) is 0 Å². The van der Waals surface area contributed by atoms with Crippen molar-refractivity contribution in [3.63, 3.8) is 0 Å². The van der Waals surface area contributed by atoms with Gasteiger partial charge in [-0.15, -0.1) is 0 Å². The van der Waals surface area contributed by atoms with Gasteiger partial charge < -0.3 is 14.4 Å². The van der Waals surface area contributed by atoms with Gasteiger partial charge >= 0.3 is 11.9 Å². The molecule has 0 saturated heterocycles. The fourth-order valence-corrected chi connectivity index (χ4v) is 13.5. The highest BCUT2D eigenvalue weighted by Crippen LogP contribution is 2.77. The first-order chi connectivity index (χ1) is 25.0. The lowest BCUT2D eigenvalue weighted by molar-refractivity contribution is -0.232. The highest BCUT2D eigenvalue weighted by Gasteiger charge is 2.70. The molecule has 0 radical (unpaired) electrons. The third-order valence-corrected chi connectivity index (χ3v) is 16.3. The molecule has 1 N–H and O–H groups in total. The third-order valence-electron chi connectivity index (χ3n) is 16.3. The molecule has 9 nitrogen and oxygen atoms in total. The summed E-state index contributed by atoms with van der Waals surface area (Å²) in [6.07, 6.45) is 10.2. The average Bonchev–Trinajstić information content (AvgIpc) is 3.55. The molecule has 4 fully saturated rings. The van der Waals surface area contributed by atoms with Crippen molar-refractivity contribution in [3.05, 3.63) is 40.9 Å². The highest BCUT2D eigenvalue weighted by molar-refractivity contribution is 6.01. The number of aromatic nitrogens is 4. The van der Waals surface area contributed by atoms with Crippen LogP contribution < -0.4 is 0 Å². The number of carbonyl (C=O) groups is 3. The molecule has 0 spiro atoms. The number of carboxylic acids is 1. The summed E-state index contributed by atoms with van der Waals surface area (Å²) in [4.78, 5) is 53.1. The number of imidazole rings is 1. The van der Waals surface area contributed by atoms with Crippen LogP contribution in [0.5, 0.6) is 0 Å². The van der Waals surface area contributed by atoms with Crippen LogP contribution in [0.15, 0.2) is 23.5 Å². The second-order valence-electron chi connectivity index (χ2n) is 20.1. The Morgan fingerprint density at radius 1 is 0.981 bits per heavy atom. The first kappa shape index (κ1) is 38.8. The molecule has 0 aromatic carbocycles. The smallest absolute Gasteiger partial charge is 0.309 e. The Bertz CT molecular complexity index is 1930. The van der Waals surface area contributed by atoms with Crippen LogP contribution in [0.3, 0.4) is 0 Å². The van der Waals surface area contributed by atoms with Crippen molar-refractivity contribution >= 4 is 17.7 Å². The first-order valence-corrected chi connectivity index (χ1v) is 20.3. The molecule has 10 heteroatoms. The number of allylic oxidation sites excluding steroid dienone is 2. The van der Waals surface area contributed by atoms with E-state index in [4.69, 9.17) is 9.72 Å². The summed E-state index contributed by atoms with van der Waals surface area (Å²) in [5.41, 5.74) is 1.96. The third kappa shape index (κ3) is 5.33. The van der Waals surface area contributed by atoms with Crippen LogP contribution in [0, 0.1) is 63.5 Å². The van der Waals surface area contributed by atoms with Gasteiger partial charge in [0.15, 0.2) is 17.4 Å². The molecule has 54 heavy (non-hydrogen) atoms. The fraction of sp³-hybridized carbons (Fsp3) is 0.727. The van der Waals surface area contributed by atoms with Gasteiger partial charge in [0.2, 0.25) is 0 Å². The van der Waals surface area contributed by atoms with Crippen molar-refractivity contribution in [2.75, 3.05) is 0 Å². The van der Waals surface area contributed by atoms with Gasteiger partial charge in [0.1, 0.15) is 17.6 Å². The van der Waals surface area contributed by atoms with Gasteiger partial charge in [-0.3, -0.25) is 14.4 Å². The number of carboxylic acid groups (broad SMARTS) is 1. The molecule has 5 aliphatic rings. The SMILES string of the molecule is Cc1nc(C23CCC4(C)C(CCC5C6(C)CCC(OC(=O)CC(C)(C)C(=O)O)C(C)(C)C6CCC54C)C2=C(C(C)C)C(=O)C3)n(C)c1-c1ncc(F)cn1. The van der Waals surface area contributed by atoms with E-state index in [9.17, 15) is 23.9 Å². The standard InChI is InChI=1S/C44H61FN4O5/c1-24(2)33-28(50)20-44(37-48-25(3)35(49(37)11)36-46-22-26(45)23-47-36)19-18-42(9)27(34(33)44)12-13-30-41(8)16-15-31(54-32(51)21-39(4,5)38(52)53)40(6,7)29(41)14-17-43(30,42)10/h22-24,27,29-31H,12-21H2,1-11H3,(H,52,53). The van der Waals surface area contributed by atoms with E-state index < -0.39 is 28.6 Å². The Labute approximate surface area is 320 Å². The van der Waals surface area contributed by atoms with Gasteiger partial charge in [0.05, 0.1) is 35.3 Å². The number of carbonyl (C=O) groups excluding carboxylic acids is 2. The number of aryl methyl sites for hydroxylation is 1. The Kier molecular flexibility index (Phi) is 9.02. The van der Waals surface area contributed by atoms with E-state index in [0.717, 1.165) is 74.2 Å². The minimum atomic E-state index is -1.17. The van der Waals surface area contributed by atoms with E-state index in [1.165, 1.54) is 18.0 Å². The first-order valence-electron chi connectivity index (χ1n) is 20.3. The Hall–Kier alpha value is -3.43. The van der Waals surface area contributed by atoms with Gasteiger partial charge in [-0.25, -0.2) is 19.3 Å². The van der Waals surface area contributed by atoms with Gasteiger partial charge in [0, 0.05) is 18.9 Å². The summed E-state index contributed by atoms with van der Waals surface area (Å²) in [7, 11) is 2.00. The predicted molar refractivity (Wildman–Crippen MR) is 204 cm³/mol. The number of esters is 1. The molecule has 0 aliphatic heterocycles. The number of ketones is 1. The monoisotopic (exact) mass is 744 g/mol. The number of hydrogen-bond acceptors (Lipinski definition) is 7. The normalized spacial score (nSPS) is 36.0. The lowest BCUT2D eigenvalue weighted by Crippen LogP contribution is -2.66. The summed E-state index contributed by atoms with van der Waals surface area (Å²) in [5, 5.41) is 9.63. The van der Waals surface area contributed by atoms with Crippen LogP contribution in [0.1, 0.15) is 138 Å². The molecule has 0 bridgehead atoms. The number of halogens is 1. The predicted octanol–water partition coefficient (Wildman–Crippen LogP) is 8.97. The molecular formula is C44H61FN4O5. The molecule has 2 aromatic rings. The van der Waals surface area contributed by atoms with Crippen LogP contribution >= 0.6 is 0 Å². The molecule has 8 atom stereocenters. The zero-order valence-electron chi connectivity index (χ0n) is 34.4. The molecule has 7 rings (SSSR count). The van der Waals surface area contributed by atoms with Crippen molar-refractivity contribution in [2.24, 2.45) is 57.8 Å². The number of nitrogens with zero attached hydrogens (tertiary/aromatic N) is 4. The second-order valence-corrected chi connectivity index (χ2v) is 20.1. The molecule has 0 amide bonds. The molecule has 5 aliphatic carbocycles. The average molecular weight is 745 g/mol. The largest absolute Gasteiger partial charge is 0.481 e. The van der Waals surface area contributed by atoms with Crippen LogP contribution in [0.2, 0.25) is 0 Å². The number of fused-ring (bicyclic) bond motifs is 7. The minimum absolute atomic E-state index is 0.0316. The zero-order valence-corrected chi connectivity index (χ0v) is 34.4. The van der Waals surface area contributed by atoms with Gasteiger partial charge in [-0.1, -0.05) is 48.5 Å². The molecule has 2 aromatic heterocycles. The Morgan fingerprint density at radius 3 is 2.28 bits per heavy atom. The molecule has 8 unspecified atom stereocenters. The fourth-order valence-electron chi connectivity index (χ4n) is 13.5.